The molecular weight excluding hydrogens is 350 g/mol. The molecular formula is C18H17N5O2S. The van der Waals surface area contributed by atoms with E-state index in [0.717, 1.165) is 35.4 Å². The number of non-ortho nitro benzene ring substituents is 1. The number of hydrogen-bond donors (Lipinski definition) is 0. The molecule has 0 radical (unpaired) electrons. The van der Waals surface area contributed by atoms with Gasteiger partial charge in [-0.15, -0.1) is 10.2 Å². The SMILES string of the molecule is Cc1ccc(N2CCn3c(SCc4cccc([N+](=O)[O-])c4)nnc32)cc1. The number of nitro benzene ring substituents is 1. The molecule has 1 aromatic heterocycles. The van der Waals surface area contributed by atoms with Gasteiger partial charge in [-0.05, 0) is 24.6 Å². The van der Waals surface area contributed by atoms with Gasteiger partial charge in [-0.2, -0.15) is 0 Å². The molecule has 3 aromatic rings. The van der Waals surface area contributed by atoms with E-state index in [1.54, 1.807) is 23.9 Å². The third-order valence-corrected chi connectivity index (χ3v) is 5.36. The van der Waals surface area contributed by atoms with Crippen LogP contribution in [0.3, 0.4) is 0 Å². The molecule has 4 rings (SSSR count). The molecule has 8 heteroatoms. The maximum Gasteiger partial charge on any atom is 0.269 e. The van der Waals surface area contributed by atoms with Crippen molar-refractivity contribution >= 4 is 29.1 Å². The topological polar surface area (TPSA) is 77.1 Å². The molecule has 0 N–H and O–H groups in total. The van der Waals surface area contributed by atoms with Crippen molar-refractivity contribution in [3.8, 4) is 0 Å². The number of fused-ring (bicyclic) bond motifs is 1. The average molecular weight is 367 g/mol. The van der Waals surface area contributed by atoms with Gasteiger partial charge in [-0.1, -0.05) is 41.6 Å². The highest BCUT2D eigenvalue weighted by Crippen LogP contribution is 2.33. The maximum atomic E-state index is 10.9. The lowest BCUT2D eigenvalue weighted by Gasteiger charge is -2.15. The fourth-order valence-electron chi connectivity index (χ4n) is 2.96. The molecule has 7 nitrogen and oxygen atoms in total. The number of aromatic nitrogens is 3. The van der Waals surface area contributed by atoms with E-state index in [1.165, 1.54) is 11.6 Å². The Morgan fingerprint density at radius 2 is 1.96 bits per heavy atom. The van der Waals surface area contributed by atoms with Gasteiger partial charge in [0, 0.05) is 36.7 Å². The first kappa shape index (κ1) is 16.6. The number of nitro groups is 1. The van der Waals surface area contributed by atoms with Gasteiger partial charge in [0.15, 0.2) is 5.16 Å². The van der Waals surface area contributed by atoms with Crippen molar-refractivity contribution < 1.29 is 4.92 Å². The van der Waals surface area contributed by atoms with Crippen molar-refractivity contribution in [3.05, 3.63) is 69.8 Å². The molecule has 0 amide bonds. The summed E-state index contributed by atoms with van der Waals surface area (Å²) in [5.41, 5.74) is 3.34. The van der Waals surface area contributed by atoms with E-state index < -0.39 is 0 Å². The van der Waals surface area contributed by atoms with Crippen molar-refractivity contribution in [2.75, 3.05) is 11.4 Å². The minimum absolute atomic E-state index is 0.111. The summed E-state index contributed by atoms with van der Waals surface area (Å²) in [7, 11) is 0. The van der Waals surface area contributed by atoms with Gasteiger partial charge in [0.2, 0.25) is 5.95 Å². The second kappa shape index (κ2) is 6.80. The van der Waals surface area contributed by atoms with Gasteiger partial charge in [0.1, 0.15) is 0 Å². The predicted molar refractivity (Wildman–Crippen MR) is 101 cm³/mol. The first-order chi connectivity index (χ1) is 12.6. The zero-order chi connectivity index (χ0) is 18.1. The molecule has 0 spiro atoms. The normalized spacial score (nSPS) is 13.0. The molecule has 2 heterocycles. The van der Waals surface area contributed by atoms with Crippen LogP contribution in [-0.2, 0) is 12.3 Å². The molecule has 2 aromatic carbocycles. The Kier molecular flexibility index (Phi) is 4.34. The predicted octanol–water partition coefficient (Wildman–Crippen LogP) is 3.94. The monoisotopic (exact) mass is 367 g/mol. The summed E-state index contributed by atoms with van der Waals surface area (Å²) in [4.78, 5) is 12.7. The lowest BCUT2D eigenvalue weighted by Crippen LogP contribution is -2.14. The quantitative estimate of drug-likeness (QED) is 0.386. The van der Waals surface area contributed by atoms with E-state index in [1.807, 2.05) is 6.07 Å². The van der Waals surface area contributed by atoms with Crippen LogP contribution in [0.4, 0.5) is 17.3 Å². The molecule has 0 bridgehead atoms. The van der Waals surface area contributed by atoms with Crippen LogP contribution in [0.15, 0.2) is 53.7 Å². The second-order valence-electron chi connectivity index (χ2n) is 6.14. The zero-order valence-electron chi connectivity index (χ0n) is 14.2. The summed E-state index contributed by atoms with van der Waals surface area (Å²) < 4.78 is 2.10. The fraction of sp³-hybridized carbons (Fsp3) is 0.222. The van der Waals surface area contributed by atoms with Crippen LogP contribution >= 0.6 is 11.8 Å². The first-order valence-corrected chi connectivity index (χ1v) is 9.24. The molecule has 1 aliphatic heterocycles. The number of aryl methyl sites for hydroxylation is 1. The van der Waals surface area contributed by atoms with Crippen LogP contribution in [0, 0.1) is 17.0 Å². The smallest absolute Gasteiger partial charge is 0.269 e. The van der Waals surface area contributed by atoms with Gasteiger partial charge < -0.3 is 4.90 Å². The highest BCUT2D eigenvalue weighted by molar-refractivity contribution is 7.98. The van der Waals surface area contributed by atoms with E-state index in [-0.39, 0.29) is 10.6 Å². The van der Waals surface area contributed by atoms with Crippen molar-refractivity contribution in [2.45, 2.75) is 24.4 Å². The van der Waals surface area contributed by atoms with E-state index in [0.29, 0.717) is 5.75 Å². The Morgan fingerprint density at radius 3 is 2.73 bits per heavy atom. The lowest BCUT2D eigenvalue weighted by atomic mass is 10.2. The Morgan fingerprint density at radius 1 is 1.15 bits per heavy atom. The standard InChI is InChI=1S/C18H17N5O2S/c1-13-5-7-15(8-6-13)21-9-10-22-17(21)19-20-18(22)26-12-14-3-2-4-16(11-14)23(24)25/h2-8,11H,9-10,12H2,1H3. The van der Waals surface area contributed by atoms with Crippen LogP contribution in [0.5, 0.6) is 0 Å². The lowest BCUT2D eigenvalue weighted by molar-refractivity contribution is -0.384. The van der Waals surface area contributed by atoms with Crippen molar-refractivity contribution in [2.24, 2.45) is 0 Å². The van der Waals surface area contributed by atoms with Crippen LogP contribution in [-0.4, -0.2) is 26.2 Å². The summed E-state index contributed by atoms with van der Waals surface area (Å²) in [6, 6.07) is 15.1. The van der Waals surface area contributed by atoms with Gasteiger partial charge in [0.05, 0.1) is 4.92 Å². The third kappa shape index (κ3) is 3.15. The van der Waals surface area contributed by atoms with E-state index >= 15 is 0 Å². The number of nitrogens with zero attached hydrogens (tertiary/aromatic N) is 5. The molecule has 0 saturated carbocycles. The number of hydrogen-bond acceptors (Lipinski definition) is 6. The molecule has 26 heavy (non-hydrogen) atoms. The number of rotatable bonds is 5. The summed E-state index contributed by atoms with van der Waals surface area (Å²) in [6.07, 6.45) is 0. The Hall–Kier alpha value is -2.87. The summed E-state index contributed by atoms with van der Waals surface area (Å²) in [6.45, 7) is 3.75. The number of anilines is 2. The number of benzene rings is 2. The highest BCUT2D eigenvalue weighted by Gasteiger charge is 2.26. The van der Waals surface area contributed by atoms with Crippen LogP contribution in [0.1, 0.15) is 11.1 Å². The minimum atomic E-state index is -0.373. The summed E-state index contributed by atoms with van der Waals surface area (Å²) in [5, 5.41) is 20.4. The molecule has 0 atom stereocenters. The summed E-state index contributed by atoms with van der Waals surface area (Å²) in [5.74, 6) is 1.46. The van der Waals surface area contributed by atoms with E-state index in [9.17, 15) is 10.1 Å². The Balaban J connectivity index is 1.50. The first-order valence-electron chi connectivity index (χ1n) is 8.25. The molecule has 0 saturated heterocycles. The summed E-state index contributed by atoms with van der Waals surface area (Å²) >= 11 is 1.55. The molecule has 132 valence electrons. The average Bonchev–Trinajstić information content (AvgIpc) is 3.23. The number of thioether (sulfide) groups is 1. The zero-order valence-corrected chi connectivity index (χ0v) is 15.0. The molecule has 0 fully saturated rings. The highest BCUT2D eigenvalue weighted by atomic mass is 32.2. The van der Waals surface area contributed by atoms with Gasteiger partial charge in [-0.3, -0.25) is 14.7 Å². The van der Waals surface area contributed by atoms with Crippen molar-refractivity contribution in [3.63, 3.8) is 0 Å². The van der Waals surface area contributed by atoms with Crippen LogP contribution in [0.2, 0.25) is 0 Å². The van der Waals surface area contributed by atoms with Crippen molar-refractivity contribution in [1.29, 1.82) is 0 Å². The largest absolute Gasteiger partial charge is 0.309 e. The Bertz CT molecular complexity index is 954. The second-order valence-corrected chi connectivity index (χ2v) is 7.08. The third-order valence-electron chi connectivity index (χ3n) is 4.32. The van der Waals surface area contributed by atoms with Gasteiger partial charge in [0.25, 0.3) is 5.69 Å². The van der Waals surface area contributed by atoms with E-state index in [2.05, 4.69) is 50.9 Å². The molecule has 1 aliphatic rings. The molecule has 0 unspecified atom stereocenters. The fourth-order valence-corrected chi connectivity index (χ4v) is 3.86. The van der Waals surface area contributed by atoms with E-state index in [4.69, 9.17) is 0 Å². The van der Waals surface area contributed by atoms with Crippen LogP contribution < -0.4 is 4.90 Å². The van der Waals surface area contributed by atoms with Crippen LogP contribution in [0.25, 0.3) is 0 Å². The maximum absolute atomic E-state index is 10.9. The van der Waals surface area contributed by atoms with Crippen molar-refractivity contribution in [1.82, 2.24) is 14.8 Å². The van der Waals surface area contributed by atoms with Gasteiger partial charge >= 0.3 is 0 Å². The molecule has 0 aliphatic carbocycles. The Labute approximate surface area is 154 Å². The minimum Gasteiger partial charge on any atom is -0.309 e. The van der Waals surface area contributed by atoms with Gasteiger partial charge in [-0.25, -0.2) is 0 Å².